The molecule has 1 aromatic heterocycles. The van der Waals surface area contributed by atoms with Crippen molar-refractivity contribution in [2.24, 2.45) is 4.99 Å². The highest BCUT2D eigenvalue weighted by Gasteiger charge is 2.08. The van der Waals surface area contributed by atoms with Gasteiger partial charge in [-0.3, -0.25) is 9.79 Å². The Morgan fingerprint density at radius 3 is 2.34 bits per heavy atom. The molecule has 6 nitrogen and oxygen atoms in total. The average molecular weight is 394 g/mol. The number of furan rings is 1. The van der Waals surface area contributed by atoms with E-state index in [-0.39, 0.29) is 17.5 Å². The predicted molar refractivity (Wildman–Crippen MR) is 111 cm³/mol. The van der Waals surface area contributed by atoms with Crippen LogP contribution in [0, 0.1) is 12.7 Å². The number of rotatable bonds is 6. The third-order valence-electron chi connectivity index (χ3n) is 4.32. The Kier molecular flexibility index (Phi) is 6.63. The zero-order valence-electron chi connectivity index (χ0n) is 16.3. The molecule has 3 aromatic rings. The van der Waals surface area contributed by atoms with Crippen LogP contribution in [0.25, 0.3) is 0 Å². The van der Waals surface area contributed by atoms with Gasteiger partial charge in [-0.15, -0.1) is 0 Å². The van der Waals surface area contributed by atoms with Crippen molar-refractivity contribution in [3.05, 3.63) is 89.1 Å². The van der Waals surface area contributed by atoms with E-state index in [2.05, 4.69) is 20.9 Å². The van der Waals surface area contributed by atoms with Crippen molar-refractivity contribution in [3.63, 3.8) is 0 Å². The summed E-state index contributed by atoms with van der Waals surface area (Å²) in [6.07, 6.45) is 1.46. The molecule has 29 heavy (non-hydrogen) atoms. The van der Waals surface area contributed by atoms with Crippen molar-refractivity contribution < 1.29 is 13.6 Å². The summed E-state index contributed by atoms with van der Waals surface area (Å²) in [6, 6.07) is 15.8. The van der Waals surface area contributed by atoms with E-state index >= 15 is 0 Å². The van der Waals surface area contributed by atoms with Crippen molar-refractivity contribution in [2.45, 2.75) is 20.0 Å². The molecule has 150 valence electrons. The molecule has 0 fully saturated rings. The molecule has 2 aromatic carbocycles. The van der Waals surface area contributed by atoms with Crippen molar-refractivity contribution in [1.29, 1.82) is 0 Å². The molecular formula is C22H23FN4O2. The number of nitrogens with one attached hydrogen (secondary N) is 3. The van der Waals surface area contributed by atoms with Crippen LogP contribution in [-0.4, -0.2) is 18.9 Å². The Balaban J connectivity index is 1.49. The fourth-order valence-corrected chi connectivity index (χ4v) is 2.72. The number of benzene rings is 2. The van der Waals surface area contributed by atoms with E-state index in [0.717, 1.165) is 11.1 Å². The summed E-state index contributed by atoms with van der Waals surface area (Å²) < 4.78 is 18.4. The Morgan fingerprint density at radius 2 is 1.72 bits per heavy atom. The van der Waals surface area contributed by atoms with Gasteiger partial charge in [-0.2, -0.15) is 0 Å². The largest absolute Gasteiger partial charge is 0.459 e. The monoisotopic (exact) mass is 394 g/mol. The number of aliphatic imine (C=N–C) groups is 1. The smallest absolute Gasteiger partial charge is 0.291 e. The van der Waals surface area contributed by atoms with Gasteiger partial charge < -0.3 is 20.4 Å². The normalized spacial score (nSPS) is 11.2. The van der Waals surface area contributed by atoms with Crippen LogP contribution in [0.2, 0.25) is 0 Å². The molecule has 0 radical (unpaired) electrons. The molecule has 0 aliphatic heterocycles. The average Bonchev–Trinajstić information content (AvgIpc) is 3.27. The number of carbonyl (C=O) groups is 1. The van der Waals surface area contributed by atoms with Gasteiger partial charge >= 0.3 is 0 Å². The zero-order valence-corrected chi connectivity index (χ0v) is 16.3. The molecule has 0 bridgehead atoms. The number of halogens is 1. The SMILES string of the molecule is CN=C(NCc1ccc(NC(=O)c2ccco2)cc1)NCc1ccc(F)c(C)c1. The summed E-state index contributed by atoms with van der Waals surface area (Å²) >= 11 is 0. The lowest BCUT2D eigenvalue weighted by Crippen LogP contribution is -2.36. The minimum absolute atomic E-state index is 0.208. The van der Waals surface area contributed by atoms with Crippen LogP contribution in [0.4, 0.5) is 10.1 Å². The Morgan fingerprint density at radius 1 is 1.03 bits per heavy atom. The van der Waals surface area contributed by atoms with E-state index < -0.39 is 0 Å². The van der Waals surface area contributed by atoms with E-state index in [1.54, 1.807) is 32.2 Å². The van der Waals surface area contributed by atoms with Crippen molar-refractivity contribution in [2.75, 3.05) is 12.4 Å². The molecule has 0 aliphatic rings. The maximum Gasteiger partial charge on any atom is 0.291 e. The molecule has 0 saturated carbocycles. The second kappa shape index (κ2) is 9.54. The first-order valence-corrected chi connectivity index (χ1v) is 9.18. The highest BCUT2D eigenvalue weighted by Crippen LogP contribution is 2.12. The summed E-state index contributed by atoms with van der Waals surface area (Å²) in [5.41, 5.74) is 3.31. The van der Waals surface area contributed by atoms with E-state index in [0.29, 0.717) is 30.3 Å². The van der Waals surface area contributed by atoms with Gasteiger partial charge in [-0.05, 0) is 53.9 Å². The van der Waals surface area contributed by atoms with Gasteiger partial charge in [0.15, 0.2) is 11.7 Å². The minimum atomic E-state index is -0.290. The van der Waals surface area contributed by atoms with E-state index in [4.69, 9.17) is 4.42 Å². The fourth-order valence-electron chi connectivity index (χ4n) is 2.72. The van der Waals surface area contributed by atoms with Crippen LogP contribution in [0.15, 0.2) is 70.3 Å². The highest BCUT2D eigenvalue weighted by atomic mass is 19.1. The topological polar surface area (TPSA) is 78.7 Å². The number of hydrogen-bond acceptors (Lipinski definition) is 3. The van der Waals surface area contributed by atoms with Crippen LogP contribution in [0.1, 0.15) is 27.2 Å². The molecule has 0 spiro atoms. The van der Waals surface area contributed by atoms with Crippen LogP contribution in [0.3, 0.4) is 0 Å². The maximum atomic E-state index is 13.4. The lowest BCUT2D eigenvalue weighted by Gasteiger charge is -2.13. The number of anilines is 1. The number of nitrogens with zero attached hydrogens (tertiary/aromatic N) is 1. The molecule has 7 heteroatoms. The number of amides is 1. The molecule has 1 amide bonds. The van der Waals surface area contributed by atoms with Crippen molar-refractivity contribution in [1.82, 2.24) is 10.6 Å². The standard InChI is InChI=1S/C22H23FN4O2/c1-15-12-17(7-10-19(15)23)14-26-22(24-2)25-13-16-5-8-18(9-6-16)27-21(28)20-4-3-11-29-20/h3-12H,13-14H2,1-2H3,(H,27,28)(H2,24,25,26). The first kappa shape index (κ1) is 20.1. The van der Waals surface area contributed by atoms with E-state index in [1.807, 2.05) is 30.3 Å². The first-order valence-electron chi connectivity index (χ1n) is 9.18. The Hall–Kier alpha value is -3.61. The summed E-state index contributed by atoms with van der Waals surface area (Å²) in [5, 5.41) is 9.21. The summed E-state index contributed by atoms with van der Waals surface area (Å²) in [5.74, 6) is 0.408. The lowest BCUT2D eigenvalue weighted by atomic mass is 10.1. The second-order valence-corrected chi connectivity index (χ2v) is 6.49. The third-order valence-corrected chi connectivity index (χ3v) is 4.32. The van der Waals surface area contributed by atoms with Gasteiger partial charge in [0.2, 0.25) is 0 Å². The number of carbonyl (C=O) groups excluding carboxylic acids is 1. The Labute approximate surface area is 168 Å². The predicted octanol–water partition coefficient (Wildman–Crippen LogP) is 3.84. The van der Waals surface area contributed by atoms with Gasteiger partial charge in [0.05, 0.1) is 6.26 Å². The van der Waals surface area contributed by atoms with Gasteiger partial charge in [0.25, 0.3) is 5.91 Å². The maximum absolute atomic E-state index is 13.4. The number of hydrogen-bond donors (Lipinski definition) is 3. The fraction of sp³-hybridized carbons (Fsp3) is 0.182. The van der Waals surface area contributed by atoms with Crippen LogP contribution >= 0.6 is 0 Å². The van der Waals surface area contributed by atoms with Gasteiger partial charge in [-0.25, -0.2) is 4.39 Å². The molecule has 1 heterocycles. The molecule has 0 saturated heterocycles. The molecular weight excluding hydrogens is 371 g/mol. The molecule has 3 N–H and O–H groups in total. The minimum Gasteiger partial charge on any atom is -0.459 e. The van der Waals surface area contributed by atoms with Gasteiger partial charge in [0.1, 0.15) is 5.82 Å². The lowest BCUT2D eigenvalue weighted by molar-refractivity contribution is 0.0996. The summed E-state index contributed by atoms with van der Waals surface area (Å²) in [6.45, 7) is 2.85. The van der Waals surface area contributed by atoms with Gasteiger partial charge in [-0.1, -0.05) is 24.3 Å². The highest BCUT2D eigenvalue weighted by molar-refractivity contribution is 6.02. The molecule has 0 atom stereocenters. The van der Waals surface area contributed by atoms with Crippen LogP contribution in [-0.2, 0) is 13.1 Å². The number of guanidine groups is 1. The van der Waals surface area contributed by atoms with Crippen LogP contribution in [0.5, 0.6) is 0 Å². The zero-order chi connectivity index (χ0) is 20.6. The van der Waals surface area contributed by atoms with Crippen molar-refractivity contribution in [3.8, 4) is 0 Å². The number of aryl methyl sites for hydroxylation is 1. The summed E-state index contributed by atoms with van der Waals surface area (Å²) in [4.78, 5) is 16.2. The quantitative estimate of drug-likeness (QED) is 0.438. The molecule has 0 aliphatic carbocycles. The third kappa shape index (κ3) is 5.68. The Bertz CT molecular complexity index is 983. The van der Waals surface area contributed by atoms with E-state index in [1.165, 1.54) is 12.3 Å². The van der Waals surface area contributed by atoms with Crippen molar-refractivity contribution >= 4 is 17.6 Å². The second-order valence-electron chi connectivity index (χ2n) is 6.49. The summed E-state index contributed by atoms with van der Waals surface area (Å²) in [7, 11) is 1.69. The van der Waals surface area contributed by atoms with E-state index in [9.17, 15) is 9.18 Å². The molecule has 0 unspecified atom stereocenters. The van der Waals surface area contributed by atoms with Crippen LogP contribution < -0.4 is 16.0 Å². The first-order chi connectivity index (χ1) is 14.0. The van der Waals surface area contributed by atoms with Gasteiger partial charge in [0, 0.05) is 25.8 Å². The molecule has 3 rings (SSSR count).